The van der Waals surface area contributed by atoms with Crippen molar-refractivity contribution in [1.82, 2.24) is 9.88 Å². The Kier molecular flexibility index (Phi) is 7.92. The number of thioether (sulfide) groups is 1. The molecule has 0 bridgehead atoms. The largest absolute Gasteiger partial charge is 0.302 e. The molecule has 1 heterocycles. The highest BCUT2D eigenvalue weighted by atomic mass is 32.2. The molecule has 0 unspecified atom stereocenters. The molecule has 30 heavy (non-hydrogen) atoms. The molecule has 4 nitrogen and oxygen atoms in total. The van der Waals surface area contributed by atoms with E-state index in [1.165, 1.54) is 15.2 Å². The minimum Gasteiger partial charge on any atom is -0.302 e. The van der Waals surface area contributed by atoms with Gasteiger partial charge < -0.3 is 4.90 Å². The summed E-state index contributed by atoms with van der Waals surface area (Å²) in [5, 5.41) is 0.784. The zero-order valence-corrected chi connectivity index (χ0v) is 20.2. The maximum atomic E-state index is 13.5. The molecular formula is C24H31N3OS2. The third-order valence-electron chi connectivity index (χ3n) is 5.35. The Morgan fingerprint density at radius 2 is 1.63 bits per heavy atom. The number of likely N-dealkylation sites (N-methyl/N-ethyl adjacent to an activating group) is 1. The zero-order chi connectivity index (χ0) is 21.7. The van der Waals surface area contributed by atoms with Gasteiger partial charge in [0.1, 0.15) is 0 Å². The lowest BCUT2D eigenvalue weighted by molar-refractivity contribution is 0.0983. The van der Waals surface area contributed by atoms with Crippen molar-refractivity contribution < 1.29 is 4.79 Å². The van der Waals surface area contributed by atoms with Crippen LogP contribution >= 0.6 is 23.1 Å². The zero-order valence-electron chi connectivity index (χ0n) is 18.6. The van der Waals surface area contributed by atoms with Crippen LogP contribution < -0.4 is 4.90 Å². The smallest absolute Gasteiger partial charge is 0.260 e. The van der Waals surface area contributed by atoms with Crippen molar-refractivity contribution >= 4 is 44.4 Å². The molecule has 0 aliphatic carbocycles. The van der Waals surface area contributed by atoms with Gasteiger partial charge in [0.2, 0.25) is 0 Å². The third-order valence-corrected chi connectivity index (χ3v) is 7.46. The van der Waals surface area contributed by atoms with Crippen LogP contribution in [0.2, 0.25) is 0 Å². The second-order valence-electron chi connectivity index (χ2n) is 7.31. The van der Waals surface area contributed by atoms with Gasteiger partial charge in [0, 0.05) is 23.5 Å². The van der Waals surface area contributed by atoms with Gasteiger partial charge in [-0.05, 0) is 68.1 Å². The maximum Gasteiger partial charge on any atom is 0.260 e. The molecule has 0 N–H and O–H groups in total. The monoisotopic (exact) mass is 441 g/mol. The van der Waals surface area contributed by atoms with Crippen LogP contribution in [0.3, 0.4) is 0 Å². The number of thiazole rings is 1. The van der Waals surface area contributed by atoms with E-state index in [-0.39, 0.29) is 5.91 Å². The quantitative estimate of drug-likeness (QED) is 0.381. The normalized spacial score (nSPS) is 11.4. The Hall–Kier alpha value is -1.89. The molecule has 0 aliphatic heterocycles. The van der Waals surface area contributed by atoms with Crippen LogP contribution in [0.4, 0.5) is 5.13 Å². The summed E-state index contributed by atoms with van der Waals surface area (Å²) < 4.78 is 1.17. The molecule has 0 atom stereocenters. The number of hydrogen-bond donors (Lipinski definition) is 0. The van der Waals surface area contributed by atoms with E-state index in [0.29, 0.717) is 12.1 Å². The van der Waals surface area contributed by atoms with Crippen LogP contribution in [0.5, 0.6) is 0 Å². The molecule has 0 aliphatic rings. The molecule has 160 valence electrons. The van der Waals surface area contributed by atoms with Crippen molar-refractivity contribution in [3.05, 3.63) is 53.1 Å². The highest BCUT2D eigenvalue weighted by Crippen LogP contribution is 2.33. The lowest BCUT2D eigenvalue weighted by Crippen LogP contribution is -2.38. The van der Waals surface area contributed by atoms with Crippen LogP contribution in [0.1, 0.15) is 42.3 Å². The Morgan fingerprint density at radius 3 is 2.23 bits per heavy atom. The van der Waals surface area contributed by atoms with Crippen LogP contribution in [0.25, 0.3) is 10.2 Å². The molecule has 3 rings (SSSR count). The van der Waals surface area contributed by atoms with E-state index >= 15 is 0 Å². The molecule has 0 saturated heterocycles. The summed E-state index contributed by atoms with van der Waals surface area (Å²) in [7, 11) is 0. The number of amides is 1. The SMILES string of the molecule is CCSc1ccc(C(=O)N(CCN(CC)CC)c2nc3c(C)ccc(C)c3s2)cc1. The van der Waals surface area contributed by atoms with Crippen molar-refractivity contribution in [3.8, 4) is 0 Å². The fourth-order valence-electron chi connectivity index (χ4n) is 3.44. The van der Waals surface area contributed by atoms with Gasteiger partial charge in [0.25, 0.3) is 5.91 Å². The van der Waals surface area contributed by atoms with Crippen LogP contribution in [0, 0.1) is 13.8 Å². The molecule has 0 saturated carbocycles. The molecule has 0 radical (unpaired) electrons. The first-order valence-corrected chi connectivity index (χ1v) is 12.4. The average Bonchev–Trinajstić information content (AvgIpc) is 3.21. The number of aryl methyl sites for hydroxylation is 2. The first-order valence-electron chi connectivity index (χ1n) is 10.6. The molecule has 6 heteroatoms. The molecule has 0 spiro atoms. The van der Waals surface area contributed by atoms with E-state index in [0.717, 1.165) is 41.6 Å². The summed E-state index contributed by atoms with van der Waals surface area (Å²) in [6.07, 6.45) is 0. The van der Waals surface area contributed by atoms with Gasteiger partial charge in [-0.1, -0.05) is 44.2 Å². The number of fused-ring (bicyclic) bond motifs is 1. The number of carbonyl (C=O) groups is 1. The van der Waals surface area contributed by atoms with Gasteiger partial charge in [-0.3, -0.25) is 9.69 Å². The number of hydrogen-bond acceptors (Lipinski definition) is 5. The number of rotatable bonds is 9. The fourth-order valence-corrected chi connectivity index (χ4v) is 5.24. The minimum absolute atomic E-state index is 0.0181. The molecule has 0 fully saturated rings. The first-order chi connectivity index (χ1) is 14.5. The van der Waals surface area contributed by atoms with E-state index in [2.05, 4.69) is 51.7 Å². The standard InChI is InChI=1S/C24H31N3OS2/c1-6-26(7-2)15-16-27(23(28)19-11-13-20(14-12-19)29-8-3)24-25-21-17(4)9-10-18(5)22(21)30-24/h9-14H,6-8,15-16H2,1-5H3. The summed E-state index contributed by atoms with van der Waals surface area (Å²) in [6, 6.07) is 12.2. The Morgan fingerprint density at radius 1 is 0.967 bits per heavy atom. The predicted octanol–water partition coefficient (Wildman–Crippen LogP) is 6.01. The Labute approximate surface area is 188 Å². The van der Waals surface area contributed by atoms with Crippen molar-refractivity contribution in [2.45, 2.75) is 39.5 Å². The third kappa shape index (κ3) is 5.05. The maximum absolute atomic E-state index is 13.5. The van der Waals surface area contributed by atoms with Crippen molar-refractivity contribution in [2.24, 2.45) is 0 Å². The lowest BCUT2D eigenvalue weighted by Gasteiger charge is -2.24. The average molecular weight is 442 g/mol. The lowest BCUT2D eigenvalue weighted by atomic mass is 10.1. The van der Waals surface area contributed by atoms with E-state index in [9.17, 15) is 4.79 Å². The fraction of sp³-hybridized carbons (Fsp3) is 0.417. The predicted molar refractivity (Wildman–Crippen MR) is 131 cm³/mol. The highest BCUT2D eigenvalue weighted by Gasteiger charge is 2.22. The van der Waals surface area contributed by atoms with Gasteiger partial charge in [0.05, 0.1) is 10.2 Å². The summed E-state index contributed by atoms with van der Waals surface area (Å²) in [6.45, 7) is 14.0. The van der Waals surface area contributed by atoms with Crippen molar-refractivity contribution in [3.63, 3.8) is 0 Å². The van der Waals surface area contributed by atoms with Gasteiger partial charge >= 0.3 is 0 Å². The number of benzene rings is 2. The van der Waals surface area contributed by atoms with Crippen LogP contribution in [-0.4, -0.2) is 47.7 Å². The van der Waals surface area contributed by atoms with Gasteiger partial charge in [-0.2, -0.15) is 0 Å². The topological polar surface area (TPSA) is 36.4 Å². The van der Waals surface area contributed by atoms with E-state index in [1.54, 1.807) is 23.1 Å². The van der Waals surface area contributed by atoms with Crippen LogP contribution in [0.15, 0.2) is 41.3 Å². The van der Waals surface area contributed by atoms with Gasteiger partial charge in [-0.15, -0.1) is 11.8 Å². The highest BCUT2D eigenvalue weighted by molar-refractivity contribution is 7.99. The van der Waals surface area contributed by atoms with Crippen LogP contribution in [-0.2, 0) is 0 Å². The number of anilines is 1. The van der Waals surface area contributed by atoms with Gasteiger partial charge in [-0.25, -0.2) is 4.98 Å². The molecule has 3 aromatic rings. The van der Waals surface area contributed by atoms with E-state index < -0.39 is 0 Å². The second-order valence-corrected chi connectivity index (χ2v) is 9.63. The number of nitrogens with zero attached hydrogens (tertiary/aromatic N) is 3. The molecular weight excluding hydrogens is 410 g/mol. The number of aromatic nitrogens is 1. The van der Waals surface area contributed by atoms with Crippen molar-refractivity contribution in [1.29, 1.82) is 0 Å². The van der Waals surface area contributed by atoms with Gasteiger partial charge in [0.15, 0.2) is 5.13 Å². The van der Waals surface area contributed by atoms with E-state index in [1.807, 2.05) is 29.2 Å². The van der Waals surface area contributed by atoms with E-state index in [4.69, 9.17) is 4.98 Å². The summed E-state index contributed by atoms with van der Waals surface area (Å²) in [5.74, 6) is 1.04. The summed E-state index contributed by atoms with van der Waals surface area (Å²) in [4.78, 5) is 23.8. The Balaban J connectivity index is 1.96. The van der Waals surface area contributed by atoms with Crippen molar-refractivity contribution in [2.75, 3.05) is 36.8 Å². The summed E-state index contributed by atoms with van der Waals surface area (Å²) >= 11 is 3.40. The number of carbonyl (C=O) groups excluding carboxylic acids is 1. The molecule has 1 aromatic heterocycles. The first kappa shape index (κ1) is 22.8. The molecule has 2 aromatic carbocycles. The second kappa shape index (κ2) is 10.4. The summed E-state index contributed by atoms with van der Waals surface area (Å²) in [5.41, 5.74) is 4.07. The Bertz CT molecular complexity index is 955. The molecule has 1 amide bonds. The minimum atomic E-state index is 0.0181.